The minimum Gasteiger partial charge on any atom is -0.497 e. The van der Waals surface area contributed by atoms with E-state index in [1.54, 1.807) is 25.5 Å². The van der Waals surface area contributed by atoms with Crippen molar-refractivity contribution >= 4 is 34.2 Å². The number of fused-ring (bicyclic) bond motifs is 2. The van der Waals surface area contributed by atoms with E-state index in [9.17, 15) is 9.59 Å². The quantitative estimate of drug-likeness (QED) is 0.402. The summed E-state index contributed by atoms with van der Waals surface area (Å²) in [6, 6.07) is 20.8. The lowest BCUT2D eigenvalue weighted by Crippen LogP contribution is -2.39. The van der Waals surface area contributed by atoms with E-state index < -0.39 is 12.0 Å². The molecule has 6 nitrogen and oxygen atoms in total. The van der Waals surface area contributed by atoms with Crippen LogP contribution in [0.1, 0.15) is 31.0 Å². The third-order valence-corrected chi connectivity index (χ3v) is 7.04. The maximum Gasteiger partial charge on any atom is 0.338 e. The van der Waals surface area contributed by atoms with E-state index in [-0.39, 0.29) is 12.2 Å². The first-order chi connectivity index (χ1) is 17.0. The van der Waals surface area contributed by atoms with Crippen molar-refractivity contribution in [2.45, 2.75) is 19.9 Å². The van der Waals surface area contributed by atoms with Crippen LogP contribution >= 0.6 is 11.3 Å². The fourth-order valence-electron chi connectivity index (χ4n) is 4.41. The van der Waals surface area contributed by atoms with Gasteiger partial charge in [-0.1, -0.05) is 65.9 Å². The summed E-state index contributed by atoms with van der Waals surface area (Å²) in [5.74, 6) is 0.216. The largest absolute Gasteiger partial charge is 0.497 e. The second kappa shape index (κ2) is 9.35. The number of benzene rings is 3. The summed E-state index contributed by atoms with van der Waals surface area (Å²) in [5, 5.41) is 2.17. The molecule has 0 N–H and O–H groups in total. The number of methoxy groups -OCH3 is 1. The van der Waals surface area contributed by atoms with Gasteiger partial charge in [-0.15, -0.1) is 0 Å². The minimum atomic E-state index is -0.647. The molecular formula is C28H24N2O4S. The smallest absolute Gasteiger partial charge is 0.338 e. The lowest BCUT2D eigenvalue weighted by molar-refractivity contribution is -0.139. The number of ether oxygens (including phenoxy) is 2. The highest BCUT2D eigenvalue weighted by atomic mass is 32.1. The first kappa shape index (κ1) is 22.8. The molecule has 0 unspecified atom stereocenters. The first-order valence-corrected chi connectivity index (χ1v) is 12.1. The van der Waals surface area contributed by atoms with Gasteiger partial charge in [0, 0.05) is 0 Å². The van der Waals surface area contributed by atoms with Crippen molar-refractivity contribution in [3.8, 4) is 5.75 Å². The molecule has 1 aliphatic rings. The molecule has 0 spiro atoms. The lowest BCUT2D eigenvalue weighted by Gasteiger charge is -2.24. The number of nitrogens with zero attached hydrogens (tertiary/aromatic N) is 2. The topological polar surface area (TPSA) is 69.9 Å². The summed E-state index contributed by atoms with van der Waals surface area (Å²) < 4.78 is 12.8. The van der Waals surface area contributed by atoms with Crippen LogP contribution in [0.15, 0.2) is 87.8 Å². The normalized spacial score (nSPS) is 15.6. The van der Waals surface area contributed by atoms with Gasteiger partial charge in [0.2, 0.25) is 0 Å². The number of carbonyl (C=O) groups excluding carboxylic acids is 1. The zero-order valence-electron chi connectivity index (χ0n) is 19.6. The van der Waals surface area contributed by atoms with E-state index in [2.05, 4.69) is 4.99 Å². The number of allylic oxidation sites excluding steroid dienone is 1. The molecule has 2 heterocycles. The fraction of sp³-hybridized carbons (Fsp3) is 0.179. The molecule has 176 valence electrons. The molecule has 3 aromatic carbocycles. The molecule has 0 aliphatic carbocycles. The highest BCUT2D eigenvalue weighted by molar-refractivity contribution is 7.07. The number of carbonyl (C=O) groups is 1. The molecule has 0 fully saturated rings. The zero-order chi connectivity index (χ0) is 24.5. The predicted octanol–water partition coefficient (Wildman–Crippen LogP) is 3.96. The van der Waals surface area contributed by atoms with Crippen molar-refractivity contribution in [1.82, 2.24) is 4.57 Å². The van der Waals surface area contributed by atoms with Crippen LogP contribution in [0.2, 0.25) is 0 Å². The summed E-state index contributed by atoms with van der Waals surface area (Å²) in [6.07, 6.45) is 1.90. The van der Waals surface area contributed by atoms with E-state index in [0.29, 0.717) is 26.4 Å². The molecule has 35 heavy (non-hydrogen) atoms. The molecule has 0 bridgehead atoms. The lowest BCUT2D eigenvalue weighted by atomic mass is 9.96. The highest BCUT2D eigenvalue weighted by Gasteiger charge is 2.33. The van der Waals surface area contributed by atoms with Crippen LogP contribution in [0.3, 0.4) is 0 Å². The van der Waals surface area contributed by atoms with Crippen LogP contribution in [-0.2, 0) is 9.53 Å². The van der Waals surface area contributed by atoms with Gasteiger partial charge in [-0.3, -0.25) is 9.36 Å². The Morgan fingerprint density at radius 2 is 1.83 bits per heavy atom. The molecule has 0 radical (unpaired) electrons. The average Bonchev–Trinajstić information content (AvgIpc) is 3.18. The number of thiazole rings is 1. The molecule has 4 aromatic rings. The third-order valence-electron chi connectivity index (χ3n) is 6.06. The Hall–Kier alpha value is -3.97. The monoisotopic (exact) mass is 484 g/mol. The molecule has 7 heteroatoms. The van der Waals surface area contributed by atoms with Gasteiger partial charge in [0.1, 0.15) is 5.75 Å². The predicted molar refractivity (Wildman–Crippen MR) is 137 cm³/mol. The highest BCUT2D eigenvalue weighted by Crippen LogP contribution is 2.31. The Bertz CT molecular complexity index is 1640. The van der Waals surface area contributed by atoms with Crippen LogP contribution in [0, 0.1) is 0 Å². The number of hydrogen-bond donors (Lipinski definition) is 0. The Kier molecular flexibility index (Phi) is 6.09. The number of esters is 1. The van der Waals surface area contributed by atoms with Crippen LogP contribution < -0.4 is 19.6 Å². The second-order valence-corrected chi connectivity index (χ2v) is 9.15. The number of rotatable bonds is 5. The van der Waals surface area contributed by atoms with E-state index in [1.165, 1.54) is 11.3 Å². The minimum absolute atomic E-state index is 0.197. The Balaban J connectivity index is 1.74. The molecule has 0 saturated heterocycles. The van der Waals surface area contributed by atoms with Gasteiger partial charge in [-0.25, -0.2) is 9.79 Å². The van der Waals surface area contributed by atoms with Gasteiger partial charge in [-0.2, -0.15) is 0 Å². The molecule has 5 rings (SSSR count). The van der Waals surface area contributed by atoms with Crippen LogP contribution in [0.4, 0.5) is 0 Å². The summed E-state index contributed by atoms with van der Waals surface area (Å²) in [6.45, 7) is 3.77. The van der Waals surface area contributed by atoms with E-state index in [4.69, 9.17) is 9.47 Å². The van der Waals surface area contributed by atoms with Crippen molar-refractivity contribution in [2.24, 2.45) is 4.99 Å². The van der Waals surface area contributed by atoms with E-state index in [0.717, 1.165) is 21.9 Å². The van der Waals surface area contributed by atoms with Gasteiger partial charge in [0.15, 0.2) is 4.80 Å². The Morgan fingerprint density at radius 3 is 2.57 bits per heavy atom. The third kappa shape index (κ3) is 4.08. The standard InChI is InChI=1S/C28H24N2O4S/c1-4-34-27(32)24-17(2)29-28-30(25(24)19-12-14-21(33-3)15-13-19)26(31)23(35-28)16-20-10-7-9-18-8-5-6-11-22(18)20/h5-16,25H,4H2,1-3H3/b23-16-/t25-/m1/s1. The van der Waals surface area contributed by atoms with Crippen LogP contribution in [0.5, 0.6) is 5.75 Å². The fourth-order valence-corrected chi connectivity index (χ4v) is 5.45. The van der Waals surface area contributed by atoms with Gasteiger partial charge in [0.25, 0.3) is 5.56 Å². The van der Waals surface area contributed by atoms with Gasteiger partial charge in [-0.05, 0) is 54.0 Å². The summed E-state index contributed by atoms with van der Waals surface area (Å²) in [7, 11) is 1.60. The van der Waals surface area contributed by atoms with E-state index >= 15 is 0 Å². The van der Waals surface area contributed by atoms with Gasteiger partial charge >= 0.3 is 5.97 Å². The maximum absolute atomic E-state index is 13.8. The summed E-state index contributed by atoms with van der Waals surface area (Å²) in [5.41, 5.74) is 2.44. The molecule has 0 amide bonds. The van der Waals surface area contributed by atoms with Crippen molar-refractivity contribution in [3.63, 3.8) is 0 Å². The molecule has 1 aromatic heterocycles. The average molecular weight is 485 g/mol. The molecule has 1 aliphatic heterocycles. The van der Waals surface area contributed by atoms with Crippen molar-refractivity contribution < 1.29 is 14.3 Å². The molecular weight excluding hydrogens is 460 g/mol. The van der Waals surface area contributed by atoms with Gasteiger partial charge in [0.05, 0.1) is 35.6 Å². The zero-order valence-corrected chi connectivity index (χ0v) is 20.5. The summed E-state index contributed by atoms with van der Waals surface area (Å²) in [4.78, 5) is 32.0. The van der Waals surface area contributed by atoms with Gasteiger partial charge < -0.3 is 9.47 Å². The Morgan fingerprint density at radius 1 is 1.09 bits per heavy atom. The Labute approximate surface area is 206 Å². The number of hydrogen-bond acceptors (Lipinski definition) is 6. The van der Waals surface area contributed by atoms with Crippen molar-refractivity contribution in [3.05, 3.63) is 109 Å². The van der Waals surface area contributed by atoms with E-state index in [1.807, 2.05) is 72.8 Å². The van der Waals surface area contributed by atoms with Crippen LogP contribution in [-0.4, -0.2) is 24.3 Å². The number of aromatic nitrogens is 1. The van der Waals surface area contributed by atoms with Crippen LogP contribution in [0.25, 0.3) is 16.8 Å². The molecule has 0 saturated carbocycles. The first-order valence-electron chi connectivity index (χ1n) is 11.3. The summed E-state index contributed by atoms with van der Waals surface area (Å²) >= 11 is 1.32. The SMILES string of the molecule is CCOC(=O)C1=C(C)N=c2s/c(=C\c3cccc4ccccc34)c(=O)n2[C@@H]1c1ccc(OC)cc1. The van der Waals surface area contributed by atoms with Crippen molar-refractivity contribution in [1.29, 1.82) is 0 Å². The maximum atomic E-state index is 13.8. The molecule has 1 atom stereocenters. The van der Waals surface area contributed by atoms with Crippen molar-refractivity contribution in [2.75, 3.05) is 13.7 Å². The second-order valence-electron chi connectivity index (χ2n) is 8.14.